The predicted molar refractivity (Wildman–Crippen MR) is 114 cm³/mol. The van der Waals surface area contributed by atoms with Gasteiger partial charge in [0.1, 0.15) is 23.5 Å². The first-order chi connectivity index (χ1) is 14.6. The molecule has 4 heterocycles. The summed E-state index contributed by atoms with van der Waals surface area (Å²) in [5.41, 5.74) is 1.61. The summed E-state index contributed by atoms with van der Waals surface area (Å²) in [5.74, 6) is 2.81. The maximum absolute atomic E-state index is 12.7. The van der Waals surface area contributed by atoms with Gasteiger partial charge >= 0.3 is 0 Å². The van der Waals surface area contributed by atoms with Gasteiger partial charge in [0.05, 0.1) is 12.2 Å². The largest absolute Gasteiger partial charge is 0.488 e. The molecule has 2 aliphatic rings. The van der Waals surface area contributed by atoms with Crippen LogP contribution in [0.1, 0.15) is 48.9 Å². The first-order valence-electron chi connectivity index (χ1n) is 10.7. The number of imidazole rings is 1. The van der Waals surface area contributed by atoms with Crippen LogP contribution in [0.25, 0.3) is 5.52 Å². The van der Waals surface area contributed by atoms with E-state index < -0.39 is 0 Å². The Balaban J connectivity index is 1.31. The zero-order valence-corrected chi connectivity index (χ0v) is 17.5. The highest BCUT2D eigenvalue weighted by molar-refractivity contribution is 5.42. The maximum atomic E-state index is 12.7. The predicted octanol–water partition coefficient (Wildman–Crippen LogP) is 2.02. The molecule has 1 unspecified atom stereocenters. The van der Waals surface area contributed by atoms with Gasteiger partial charge in [-0.2, -0.15) is 5.10 Å². The van der Waals surface area contributed by atoms with E-state index in [1.807, 2.05) is 12.1 Å². The first kappa shape index (κ1) is 19.3. The van der Waals surface area contributed by atoms with Crippen molar-refractivity contribution in [3.8, 4) is 5.75 Å². The van der Waals surface area contributed by atoms with E-state index in [0.717, 1.165) is 50.6 Å². The van der Waals surface area contributed by atoms with Gasteiger partial charge in [-0.25, -0.2) is 9.50 Å². The number of ether oxygens (including phenoxy) is 1. The maximum Gasteiger partial charge on any atom is 0.277 e. The highest BCUT2D eigenvalue weighted by atomic mass is 16.5. The van der Waals surface area contributed by atoms with Crippen LogP contribution in [0.15, 0.2) is 35.3 Å². The standard InChI is InChI=1S/C22H28N6O2/c1-14-3-5-17(6-4-14)30-18-12-27(13-18)15(2)20-25-22(29)19-11-24-21(28(19)26-20)16-7-9-23-10-8-16/h3-6,11,15-16,18,23H,7-10,12-13H2,1-2H3,(H,25,26,29). The van der Waals surface area contributed by atoms with E-state index in [2.05, 4.69) is 46.2 Å². The lowest BCUT2D eigenvalue weighted by Gasteiger charge is -2.42. The number of rotatable bonds is 5. The Hall–Kier alpha value is -2.71. The first-order valence-corrected chi connectivity index (χ1v) is 10.7. The average Bonchev–Trinajstić information content (AvgIpc) is 3.16. The van der Waals surface area contributed by atoms with Crippen LogP contribution >= 0.6 is 0 Å². The van der Waals surface area contributed by atoms with Crippen molar-refractivity contribution in [1.82, 2.24) is 29.8 Å². The van der Waals surface area contributed by atoms with E-state index in [9.17, 15) is 4.79 Å². The Morgan fingerprint density at radius 1 is 1.17 bits per heavy atom. The summed E-state index contributed by atoms with van der Waals surface area (Å²) >= 11 is 0. The molecule has 2 aromatic heterocycles. The zero-order valence-electron chi connectivity index (χ0n) is 17.5. The van der Waals surface area contributed by atoms with E-state index >= 15 is 0 Å². The molecule has 0 radical (unpaired) electrons. The van der Waals surface area contributed by atoms with Crippen LogP contribution in [0.3, 0.4) is 0 Å². The van der Waals surface area contributed by atoms with Gasteiger partial charge in [-0.05, 0) is 51.9 Å². The number of nitrogens with zero attached hydrogens (tertiary/aromatic N) is 4. The normalized spacial score (nSPS) is 19.7. The highest BCUT2D eigenvalue weighted by Gasteiger charge is 2.34. The Morgan fingerprint density at radius 3 is 2.63 bits per heavy atom. The van der Waals surface area contributed by atoms with Crippen molar-refractivity contribution in [3.63, 3.8) is 0 Å². The van der Waals surface area contributed by atoms with Gasteiger partial charge in [-0.15, -0.1) is 0 Å². The van der Waals surface area contributed by atoms with Crippen LogP contribution in [-0.2, 0) is 0 Å². The molecule has 0 bridgehead atoms. The Bertz CT molecular complexity index is 1080. The molecule has 2 N–H and O–H groups in total. The van der Waals surface area contributed by atoms with Crippen molar-refractivity contribution in [1.29, 1.82) is 0 Å². The van der Waals surface area contributed by atoms with Crippen LogP contribution in [-0.4, -0.2) is 56.8 Å². The second kappa shape index (κ2) is 7.85. The van der Waals surface area contributed by atoms with Gasteiger partial charge in [-0.1, -0.05) is 17.7 Å². The smallest absolute Gasteiger partial charge is 0.277 e. The summed E-state index contributed by atoms with van der Waals surface area (Å²) in [4.78, 5) is 22.4. The van der Waals surface area contributed by atoms with Gasteiger partial charge in [0.15, 0.2) is 5.52 Å². The van der Waals surface area contributed by atoms with Crippen LogP contribution in [0.4, 0.5) is 0 Å². The fraction of sp³-hybridized carbons (Fsp3) is 0.500. The van der Waals surface area contributed by atoms with E-state index in [-0.39, 0.29) is 17.7 Å². The Morgan fingerprint density at radius 2 is 1.90 bits per heavy atom. The lowest BCUT2D eigenvalue weighted by Crippen LogP contribution is -2.54. The quantitative estimate of drug-likeness (QED) is 0.672. The number of aryl methyl sites for hydroxylation is 1. The van der Waals surface area contributed by atoms with Crippen molar-refractivity contribution in [3.05, 3.63) is 58.0 Å². The number of aromatic nitrogens is 4. The van der Waals surface area contributed by atoms with Crippen LogP contribution < -0.4 is 15.6 Å². The van der Waals surface area contributed by atoms with Crippen molar-refractivity contribution < 1.29 is 4.74 Å². The van der Waals surface area contributed by atoms with Gasteiger partial charge in [0.25, 0.3) is 5.56 Å². The summed E-state index contributed by atoms with van der Waals surface area (Å²) in [6.45, 7) is 7.71. The molecule has 0 saturated carbocycles. The molecule has 1 aromatic carbocycles. The minimum absolute atomic E-state index is 0.00300. The molecular formula is C22H28N6O2. The molecule has 2 saturated heterocycles. The van der Waals surface area contributed by atoms with Crippen LogP contribution in [0.2, 0.25) is 0 Å². The topological polar surface area (TPSA) is 87.5 Å². The van der Waals surface area contributed by atoms with Crippen LogP contribution in [0, 0.1) is 6.92 Å². The minimum atomic E-state index is -0.132. The number of H-pyrrole nitrogens is 1. The molecule has 8 nitrogen and oxygen atoms in total. The molecule has 0 spiro atoms. The third kappa shape index (κ3) is 3.61. The summed E-state index contributed by atoms with van der Waals surface area (Å²) in [6.07, 6.45) is 3.84. The van der Waals surface area contributed by atoms with Crippen molar-refractivity contribution in [2.24, 2.45) is 0 Å². The van der Waals surface area contributed by atoms with E-state index in [4.69, 9.17) is 9.84 Å². The van der Waals surface area contributed by atoms with E-state index in [0.29, 0.717) is 17.3 Å². The number of hydrogen-bond donors (Lipinski definition) is 2. The van der Waals surface area contributed by atoms with Crippen molar-refractivity contribution in [2.75, 3.05) is 26.2 Å². The van der Waals surface area contributed by atoms with Gasteiger partial charge in [0, 0.05) is 19.0 Å². The number of hydrogen-bond acceptors (Lipinski definition) is 6. The minimum Gasteiger partial charge on any atom is -0.488 e. The number of likely N-dealkylation sites (tertiary alicyclic amines) is 1. The Kier molecular flexibility index (Phi) is 5.04. The average molecular weight is 409 g/mol. The molecule has 3 aromatic rings. The summed E-state index contributed by atoms with van der Waals surface area (Å²) in [6, 6.07) is 8.14. The number of benzene rings is 1. The molecule has 0 aliphatic carbocycles. The number of nitrogens with one attached hydrogen (secondary N) is 2. The van der Waals surface area contributed by atoms with Crippen molar-refractivity contribution >= 4 is 5.52 Å². The number of aromatic amines is 1. The summed E-state index contributed by atoms with van der Waals surface area (Å²) in [5, 5.41) is 8.16. The molecular weight excluding hydrogens is 380 g/mol. The second-order valence-electron chi connectivity index (χ2n) is 8.46. The van der Waals surface area contributed by atoms with E-state index in [1.165, 1.54) is 5.56 Å². The molecule has 8 heteroatoms. The summed E-state index contributed by atoms with van der Waals surface area (Å²) in [7, 11) is 0. The fourth-order valence-electron chi connectivity index (χ4n) is 4.32. The molecule has 5 rings (SSSR count). The molecule has 2 aliphatic heterocycles. The molecule has 30 heavy (non-hydrogen) atoms. The Labute approximate surface area is 175 Å². The van der Waals surface area contributed by atoms with Gasteiger partial charge in [-0.3, -0.25) is 9.69 Å². The third-order valence-corrected chi connectivity index (χ3v) is 6.29. The molecule has 158 valence electrons. The number of fused-ring (bicyclic) bond motifs is 1. The lowest BCUT2D eigenvalue weighted by molar-refractivity contribution is -0.00774. The molecule has 1 atom stereocenters. The van der Waals surface area contributed by atoms with Crippen molar-refractivity contribution in [2.45, 2.75) is 44.8 Å². The molecule has 2 fully saturated rings. The lowest BCUT2D eigenvalue weighted by atomic mass is 9.97. The monoisotopic (exact) mass is 408 g/mol. The van der Waals surface area contributed by atoms with Gasteiger partial charge < -0.3 is 15.0 Å². The zero-order chi connectivity index (χ0) is 20.7. The fourth-order valence-corrected chi connectivity index (χ4v) is 4.32. The second-order valence-corrected chi connectivity index (χ2v) is 8.46. The third-order valence-electron chi connectivity index (χ3n) is 6.29. The van der Waals surface area contributed by atoms with E-state index in [1.54, 1.807) is 10.7 Å². The van der Waals surface area contributed by atoms with Crippen LogP contribution in [0.5, 0.6) is 5.75 Å². The van der Waals surface area contributed by atoms with Gasteiger partial charge in [0.2, 0.25) is 0 Å². The highest BCUT2D eigenvalue weighted by Crippen LogP contribution is 2.27. The number of piperidine rings is 1. The SMILES string of the molecule is Cc1ccc(OC2CN(C(C)c3nn4c(C5CCNCC5)ncc4c(=O)[nH]3)C2)cc1. The molecule has 0 amide bonds. The summed E-state index contributed by atoms with van der Waals surface area (Å²) < 4.78 is 7.81.